The van der Waals surface area contributed by atoms with Crippen molar-refractivity contribution >= 4 is 23.4 Å². The van der Waals surface area contributed by atoms with Crippen LogP contribution in [-0.2, 0) is 4.28 Å². The molecule has 0 aliphatic carbocycles. The van der Waals surface area contributed by atoms with Crippen LogP contribution >= 0.6 is 12.0 Å². The van der Waals surface area contributed by atoms with Gasteiger partial charge in [0.1, 0.15) is 23.5 Å². The number of rotatable bonds is 6. The van der Waals surface area contributed by atoms with Crippen molar-refractivity contribution in [3.8, 4) is 11.5 Å². The second-order valence-electron chi connectivity index (χ2n) is 5.00. The van der Waals surface area contributed by atoms with Gasteiger partial charge in [0.25, 0.3) is 5.69 Å². The maximum Gasteiger partial charge on any atom is 0.259 e. The zero-order valence-electron chi connectivity index (χ0n) is 14.1. The van der Waals surface area contributed by atoms with Crippen molar-refractivity contribution in [2.45, 2.75) is 13.8 Å². The molecule has 0 atom stereocenters. The van der Waals surface area contributed by atoms with Crippen molar-refractivity contribution < 1.29 is 18.5 Å². The summed E-state index contributed by atoms with van der Waals surface area (Å²) in [5.74, 6) is 1.66. The summed E-state index contributed by atoms with van der Waals surface area (Å²) in [6.45, 7) is 4.10. The highest BCUT2D eigenvalue weighted by molar-refractivity contribution is 7.93. The average molecular weight is 332 g/mol. The Hall–Kier alpha value is -2.14. The quantitative estimate of drug-likeness (QED) is 0.340. The van der Waals surface area contributed by atoms with Gasteiger partial charge in [-0.05, 0) is 42.8 Å². The van der Waals surface area contributed by atoms with E-state index in [9.17, 15) is 0 Å². The maximum atomic E-state index is 5.77. The predicted molar refractivity (Wildman–Crippen MR) is 95.0 cm³/mol. The van der Waals surface area contributed by atoms with Crippen LogP contribution in [0.15, 0.2) is 42.5 Å². The second kappa shape index (κ2) is 7.92. The number of methoxy groups -OCH3 is 2. The van der Waals surface area contributed by atoms with Gasteiger partial charge in [-0.25, -0.2) is 0 Å². The number of ether oxygens (including phenoxy) is 2. The lowest BCUT2D eigenvalue weighted by Gasteiger charge is -2.08. The Balaban J connectivity index is 2.49. The van der Waals surface area contributed by atoms with Gasteiger partial charge in [0.05, 0.1) is 14.2 Å². The van der Waals surface area contributed by atoms with E-state index in [4.69, 9.17) is 13.8 Å². The lowest BCUT2D eigenvalue weighted by Crippen LogP contribution is -2.14. The number of hydrogen-bond donors (Lipinski definition) is 0. The summed E-state index contributed by atoms with van der Waals surface area (Å²) in [4.78, 5) is 0. The topological polar surface area (TPSA) is 30.7 Å². The fourth-order valence-corrected chi connectivity index (χ4v) is 2.71. The van der Waals surface area contributed by atoms with Gasteiger partial charge in [0.15, 0.2) is 0 Å². The molecule has 0 radical (unpaired) electrons. The third-order valence-corrected chi connectivity index (χ3v) is 3.88. The van der Waals surface area contributed by atoms with Crippen LogP contribution in [0.2, 0.25) is 0 Å². The van der Waals surface area contributed by atoms with Crippen LogP contribution in [0.1, 0.15) is 18.1 Å². The first kappa shape index (κ1) is 17.2. The molecule has 0 saturated heterocycles. The molecule has 122 valence electrons. The lowest BCUT2D eigenvalue weighted by atomic mass is 10.0. The largest absolute Gasteiger partial charge is 0.497 e. The standard InChI is InChI=1S/C18H22NO3S/c1-13-12-17(21-4)10-11-18(13)14(2)19(22-23-5)15-6-8-16(20-3)9-7-15/h6-12H,1-5H3/q+1/b19-14-. The van der Waals surface area contributed by atoms with Crippen molar-refractivity contribution in [2.24, 2.45) is 0 Å². The molecule has 0 aromatic heterocycles. The monoisotopic (exact) mass is 332 g/mol. The highest BCUT2D eigenvalue weighted by Gasteiger charge is 2.20. The maximum absolute atomic E-state index is 5.77. The summed E-state index contributed by atoms with van der Waals surface area (Å²) in [5.41, 5.74) is 4.18. The van der Waals surface area contributed by atoms with Crippen molar-refractivity contribution in [1.82, 2.24) is 0 Å². The molecule has 0 spiro atoms. The molecule has 0 fully saturated rings. The summed E-state index contributed by atoms with van der Waals surface area (Å²) >= 11 is 1.30. The summed E-state index contributed by atoms with van der Waals surface area (Å²) in [5, 5.41) is 0. The SMILES string of the molecule is COc1ccc(/[N+](OSC)=C(\C)c2ccc(OC)cc2C)cc1. The van der Waals surface area contributed by atoms with E-state index >= 15 is 0 Å². The molecular formula is C18H22NO3S+. The zero-order chi connectivity index (χ0) is 16.8. The van der Waals surface area contributed by atoms with Crippen LogP contribution in [0.25, 0.3) is 0 Å². The minimum Gasteiger partial charge on any atom is -0.497 e. The Kier molecular flexibility index (Phi) is 5.93. The number of aryl methyl sites for hydroxylation is 1. The van der Waals surface area contributed by atoms with E-state index < -0.39 is 0 Å². The average Bonchev–Trinajstić information content (AvgIpc) is 2.59. The Morgan fingerprint density at radius 2 is 1.57 bits per heavy atom. The van der Waals surface area contributed by atoms with Gasteiger partial charge in [-0.3, -0.25) is 0 Å². The molecule has 2 aromatic rings. The highest BCUT2D eigenvalue weighted by Crippen LogP contribution is 2.23. The van der Waals surface area contributed by atoms with E-state index in [1.807, 2.05) is 60.4 Å². The van der Waals surface area contributed by atoms with Gasteiger partial charge >= 0.3 is 0 Å². The van der Waals surface area contributed by atoms with E-state index in [0.29, 0.717) is 0 Å². The Bertz CT molecular complexity index is 696. The van der Waals surface area contributed by atoms with Gasteiger partial charge in [-0.2, -0.15) is 4.28 Å². The van der Waals surface area contributed by atoms with Gasteiger partial charge in [0, 0.05) is 35.6 Å². The van der Waals surface area contributed by atoms with Crippen molar-refractivity contribution in [2.75, 3.05) is 20.5 Å². The summed E-state index contributed by atoms with van der Waals surface area (Å²) in [6, 6.07) is 13.8. The predicted octanol–water partition coefficient (Wildman–Crippen LogP) is 4.38. The molecule has 0 heterocycles. The summed E-state index contributed by atoms with van der Waals surface area (Å²) in [7, 11) is 3.33. The van der Waals surface area contributed by atoms with Crippen LogP contribution in [0.5, 0.6) is 11.5 Å². The Morgan fingerprint density at radius 3 is 2.09 bits per heavy atom. The van der Waals surface area contributed by atoms with Gasteiger partial charge < -0.3 is 9.47 Å². The minimum absolute atomic E-state index is 0.816. The molecule has 0 saturated carbocycles. The van der Waals surface area contributed by atoms with Crippen LogP contribution in [0.3, 0.4) is 0 Å². The lowest BCUT2D eigenvalue weighted by molar-refractivity contribution is -0.676. The van der Waals surface area contributed by atoms with Crippen LogP contribution in [0, 0.1) is 6.92 Å². The van der Waals surface area contributed by atoms with E-state index in [2.05, 4.69) is 6.92 Å². The third-order valence-electron chi connectivity index (χ3n) is 3.58. The molecule has 2 aromatic carbocycles. The van der Waals surface area contributed by atoms with Crippen molar-refractivity contribution in [3.63, 3.8) is 0 Å². The zero-order valence-corrected chi connectivity index (χ0v) is 14.9. The molecular weight excluding hydrogens is 310 g/mol. The van der Waals surface area contributed by atoms with Gasteiger partial charge in [0.2, 0.25) is 5.71 Å². The highest BCUT2D eigenvalue weighted by atomic mass is 32.2. The van der Waals surface area contributed by atoms with E-state index in [-0.39, 0.29) is 0 Å². The number of hydrogen-bond acceptors (Lipinski definition) is 4. The third kappa shape index (κ3) is 3.99. The first-order valence-electron chi connectivity index (χ1n) is 7.24. The van der Waals surface area contributed by atoms with Crippen LogP contribution < -0.4 is 9.47 Å². The minimum atomic E-state index is 0.816. The van der Waals surface area contributed by atoms with Crippen molar-refractivity contribution in [1.29, 1.82) is 0 Å². The van der Waals surface area contributed by atoms with Gasteiger partial charge in [-0.15, -0.1) is 0 Å². The number of nitrogens with zero attached hydrogens (tertiary/aromatic N) is 1. The first-order chi connectivity index (χ1) is 11.1. The van der Waals surface area contributed by atoms with Crippen LogP contribution in [-0.4, -0.2) is 30.9 Å². The smallest absolute Gasteiger partial charge is 0.259 e. The van der Waals surface area contributed by atoms with Gasteiger partial charge in [-0.1, -0.05) is 0 Å². The number of benzene rings is 2. The molecule has 0 unspecified atom stereocenters. The molecule has 0 aliphatic rings. The van der Waals surface area contributed by atoms with E-state index in [1.165, 1.54) is 12.0 Å². The molecule has 0 aliphatic heterocycles. The molecule has 5 heteroatoms. The molecule has 23 heavy (non-hydrogen) atoms. The van der Waals surface area contributed by atoms with E-state index in [1.54, 1.807) is 14.2 Å². The van der Waals surface area contributed by atoms with Crippen LogP contribution in [0.4, 0.5) is 5.69 Å². The fourth-order valence-electron chi connectivity index (χ4n) is 2.36. The Morgan fingerprint density at radius 1 is 0.957 bits per heavy atom. The normalized spacial score (nSPS) is 11.7. The van der Waals surface area contributed by atoms with E-state index in [0.717, 1.165) is 34.0 Å². The fraction of sp³-hybridized carbons (Fsp3) is 0.278. The molecule has 4 nitrogen and oxygen atoms in total. The van der Waals surface area contributed by atoms with Crippen molar-refractivity contribution in [3.05, 3.63) is 53.6 Å². The molecule has 0 amide bonds. The molecule has 0 N–H and O–H groups in total. The summed E-state index contributed by atoms with van der Waals surface area (Å²) < 4.78 is 18.1. The first-order valence-corrected chi connectivity index (χ1v) is 8.39. The Labute approximate surface area is 141 Å². The summed E-state index contributed by atoms with van der Waals surface area (Å²) in [6.07, 6.45) is 1.89. The second-order valence-corrected chi connectivity index (χ2v) is 5.48. The molecule has 0 bridgehead atoms. The molecule has 2 rings (SSSR count).